The fraction of sp³-hybridized carbons (Fsp3) is 0.143. The Morgan fingerprint density at radius 2 is 2.08 bits per heavy atom. The molecule has 2 N–H and O–H groups in total. The number of esters is 1. The largest absolute Gasteiger partial charge is 0.464 e. The summed E-state index contributed by atoms with van der Waals surface area (Å²) in [5.41, 5.74) is 2.73. The smallest absolute Gasteiger partial charge is 0.357 e. The summed E-state index contributed by atoms with van der Waals surface area (Å²) >= 11 is 0. The van der Waals surface area contributed by atoms with Crippen LogP contribution < -0.4 is 5.73 Å². The van der Waals surface area contributed by atoms with Gasteiger partial charge in [-0.05, 0) is 6.92 Å². The first kappa shape index (κ1) is 16.9. The molecule has 0 aliphatic rings. The van der Waals surface area contributed by atoms with Gasteiger partial charge in [0.2, 0.25) is 5.82 Å². The van der Waals surface area contributed by atoms with Crippen molar-refractivity contribution in [1.29, 1.82) is 5.26 Å². The van der Waals surface area contributed by atoms with Crippen LogP contribution in [0.25, 0.3) is 5.69 Å². The van der Waals surface area contributed by atoms with Crippen molar-refractivity contribution < 1.29 is 23.2 Å². The minimum Gasteiger partial charge on any atom is -0.464 e. The molecule has 8 nitrogen and oxygen atoms in total. The Balaban J connectivity index is 2.90. The maximum absolute atomic E-state index is 14.4. The van der Waals surface area contributed by atoms with E-state index in [9.17, 15) is 23.7 Å². The average Bonchev–Trinajstić information content (AvgIpc) is 2.88. The Morgan fingerprint density at radius 3 is 2.58 bits per heavy atom. The van der Waals surface area contributed by atoms with Crippen molar-refractivity contribution in [3.05, 3.63) is 50.8 Å². The van der Waals surface area contributed by atoms with E-state index in [1.165, 1.54) is 0 Å². The quantitative estimate of drug-likeness (QED) is 0.520. The van der Waals surface area contributed by atoms with E-state index in [0.29, 0.717) is 6.07 Å². The van der Waals surface area contributed by atoms with Gasteiger partial charge in [0.15, 0.2) is 11.5 Å². The monoisotopic (exact) mass is 336 g/mol. The van der Waals surface area contributed by atoms with E-state index in [1.54, 1.807) is 6.07 Å². The van der Waals surface area contributed by atoms with Crippen molar-refractivity contribution in [2.75, 3.05) is 12.8 Å². The van der Waals surface area contributed by atoms with Gasteiger partial charge in [0, 0.05) is 17.8 Å². The van der Waals surface area contributed by atoms with Crippen LogP contribution in [0.5, 0.6) is 0 Å². The molecule has 0 aliphatic heterocycles. The normalized spacial score (nSPS) is 10.3. The number of nitro benzene ring substituents is 1. The number of nitrogens with two attached hydrogens (primary N) is 1. The van der Waals surface area contributed by atoms with Gasteiger partial charge in [0.05, 0.1) is 29.0 Å². The van der Waals surface area contributed by atoms with Gasteiger partial charge in [-0.1, -0.05) is 0 Å². The lowest BCUT2D eigenvalue weighted by Crippen LogP contribution is -2.13. The van der Waals surface area contributed by atoms with Gasteiger partial charge in [0.1, 0.15) is 6.07 Å². The molecule has 0 atom stereocenters. The van der Waals surface area contributed by atoms with Gasteiger partial charge >= 0.3 is 11.7 Å². The Bertz CT molecular complexity index is 915. The van der Waals surface area contributed by atoms with Gasteiger partial charge in [-0.3, -0.25) is 10.1 Å². The lowest BCUT2D eigenvalue weighted by molar-refractivity contribution is -0.387. The van der Waals surface area contributed by atoms with E-state index >= 15 is 0 Å². The van der Waals surface area contributed by atoms with Crippen molar-refractivity contribution in [3.8, 4) is 11.8 Å². The van der Waals surface area contributed by atoms with Crippen LogP contribution in [0.3, 0.4) is 0 Å². The molecule has 0 fully saturated rings. The van der Waals surface area contributed by atoms with Crippen molar-refractivity contribution in [2.45, 2.75) is 6.92 Å². The number of methoxy groups -OCH3 is 1. The number of carbonyl (C=O) groups excluding carboxylic acids is 1. The summed E-state index contributed by atoms with van der Waals surface area (Å²) in [5.74, 6) is -3.46. The molecular formula is C14H10F2N4O4. The first-order valence-corrected chi connectivity index (χ1v) is 6.37. The number of nitrogen functional groups attached to an aromatic ring is 1. The average molecular weight is 336 g/mol. The summed E-state index contributed by atoms with van der Waals surface area (Å²) in [4.78, 5) is 21.8. The minimum absolute atomic E-state index is 0.167. The number of hydrogen-bond donors (Lipinski definition) is 1. The fourth-order valence-corrected chi connectivity index (χ4v) is 2.15. The van der Waals surface area contributed by atoms with Crippen LogP contribution in [0, 0.1) is 40.0 Å². The maximum Gasteiger partial charge on any atom is 0.357 e. The molecule has 2 aromatic rings. The van der Waals surface area contributed by atoms with Crippen LogP contribution in [-0.4, -0.2) is 22.6 Å². The van der Waals surface area contributed by atoms with Crippen molar-refractivity contribution in [3.63, 3.8) is 0 Å². The highest BCUT2D eigenvalue weighted by atomic mass is 19.1. The van der Waals surface area contributed by atoms with Gasteiger partial charge in [-0.25, -0.2) is 9.18 Å². The SMILES string of the molecule is COC(=O)c1c(N)c(C#N)cn1-c1cc([N+](=O)[O-])c(F)c(C)c1F. The number of nitriles is 1. The molecule has 0 amide bonds. The molecule has 1 aromatic carbocycles. The third-order valence-electron chi connectivity index (χ3n) is 3.38. The van der Waals surface area contributed by atoms with Gasteiger partial charge in [-0.2, -0.15) is 9.65 Å². The summed E-state index contributed by atoms with van der Waals surface area (Å²) in [6, 6.07) is 2.32. The molecule has 1 heterocycles. The second-order valence-electron chi connectivity index (χ2n) is 4.70. The summed E-state index contributed by atoms with van der Waals surface area (Å²) in [6.07, 6.45) is 1.01. The summed E-state index contributed by atoms with van der Waals surface area (Å²) in [5, 5.41) is 19.9. The fourth-order valence-electron chi connectivity index (χ4n) is 2.15. The Hall–Kier alpha value is -3.48. The molecule has 0 saturated carbocycles. The molecule has 10 heteroatoms. The lowest BCUT2D eigenvalue weighted by atomic mass is 10.1. The number of carbonyl (C=O) groups is 1. The van der Waals surface area contributed by atoms with Crippen molar-refractivity contribution in [1.82, 2.24) is 4.57 Å². The molecule has 0 bridgehead atoms. The molecule has 2 rings (SSSR count). The van der Waals surface area contributed by atoms with Crippen LogP contribution in [0.2, 0.25) is 0 Å². The van der Waals surface area contributed by atoms with E-state index in [2.05, 4.69) is 4.74 Å². The van der Waals surface area contributed by atoms with E-state index in [1.807, 2.05) is 0 Å². The number of ether oxygens (including phenoxy) is 1. The van der Waals surface area contributed by atoms with Gasteiger partial charge in [-0.15, -0.1) is 0 Å². The van der Waals surface area contributed by atoms with E-state index in [-0.39, 0.29) is 11.3 Å². The summed E-state index contributed by atoms with van der Waals surface area (Å²) < 4.78 is 33.6. The molecule has 0 spiro atoms. The number of anilines is 1. The predicted molar refractivity (Wildman–Crippen MR) is 77.5 cm³/mol. The van der Waals surface area contributed by atoms with Crippen LogP contribution >= 0.6 is 0 Å². The van der Waals surface area contributed by atoms with E-state index in [4.69, 9.17) is 11.0 Å². The predicted octanol–water partition coefficient (Wildman–Crippen LogP) is 2.21. The summed E-state index contributed by atoms with van der Waals surface area (Å²) in [6.45, 7) is 1.01. The molecule has 1 aromatic heterocycles. The zero-order valence-electron chi connectivity index (χ0n) is 12.5. The first-order valence-electron chi connectivity index (χ1n) is 6.37. The Labute approximate surface area is 133 Å². The molecule has 24 heavy (non-hydrogen) atoms. The number of nitro groups is 1. The standard InChI is InChI=1S/C14H10F2N4O4/c1-6-10(15)8(3-9(11(6)16)20(22)23)19-5-7(4-17)12(18)13(19)14(21)24-2/h3,5H,18H2,1-2H3. The number of hydrogen-bond acceptors (Lipinski definition) is 6. The lowest BCUT2D eigenvalue weighted by Gasteiger charge is -2.11. The Kier molecular flexibility index (Phi) is 4.19. The van der Waals surface area contributed by atoms with E-state index < -0.39 is 45.2 Å². The highest BCUT2D eigenvalue weighted by Gasteiger charge is 2.28. The van der Waals surface area contributed by atoms with Crippen molar-refractivity contribution >= 4 is 17.3 Å². The third kappa shape index (κ3) is 2.41. The Morgan fingerprint density at radius 1 is 1.46 bits per heavy atom. The van der Waals surface area contributed by atoms with Gasteiger partial charge < -0.3 is 15.0 Å². The van der Waals surface area contributed by atoms with Crippen LogP contribution in [0.15, 0.2) is 12.3 Å². The molecule has 124 valence electrons. The number of benzene rings is 1. The minimum atomic E-state index is -1.33. The van der Waals surface area contributed by atoms with Crippen LogP contribution in [-0.2, 0) is 4.74 Å². The van der Waals surface area contributed by atoms with Crippen LogP contribution in [0.4, 0.5) is 20.2 Å². The molecule has 0 aliphatic carbocycles. The zero-order chi connectivity index (χ0) is 18.2. The number of rotatable bonds is 3. The first-order chi connectivity index (χ1) is 11.2. The van der Waals surface area contributed by atoms with Crippen LogP contribution in [0.1, 0.15) is 21.6 Å². The molecule has 0 unspecified atom stereocenters. The second-order valence-corrected chi connectivity index (χ2v) is 4.70. The molecule has 0 saturated heterocycles. The second kappa shape index (κ2) is 5.96. The topological polar surface area (TPSA) is 124 Å². The highest BCUT2D eigenvalue weighted by Crippen LogP contribution is 2.32. The zero-order valence-corrected chi connectivity index (χ0v) is 12.5. The molecule has 0 radical (unpaired) electrons. The number of aromatic nitrogens is 1. The molecular weight excluding hydrogens is 326 g/mol. The maximum atomic E-state index is 14.4. The number of halogens is 2. The third-order valence-corrected chi connectivity index (χ3v) is 3.38. The van der Waals surface area contributed by atoms with E-state index in [0.717, 1.165) is 24.8 Å². The van der Waals surface area contributed by atoms with Crippen molar-refractivity contribution in [2.24, 2.45) is 0 Å². The summed E-state index contributed by atoms with van der Waals surface area (Å²) in [7, 11) is 1.04. The number of nitrogens with zero attached hydrogens (tertiary/aromatic N) is 3. The van der Waals surface area contributed by atoms with Gasteiger partial charge in [0.25, 0.3) is 0 Å². The highest BCUT2D eigenvalue weighted by molar-refractivity contribution is 5.96.